The maximum absolute atomic E-state index is 12.9. The minimum absolute atomic E-state index is 0.187. The molecule has 12 nitrogen and oxygen atoms in total. The van der Waals surface area contributed by atoms with E-state index >= 15 is 0 Å². The van der Waals surface area contributed by atoms with Gasteiger partial charge in [0, 0.05) is 23.6 Å². The summed E-state index contributed by atoms with van der Waals surface area (Å²) in [6.45, 7) is 1.82. The number of ether oxygens (including phenoxy) is 2. The second-order valence-electron chi connectivity index (χ2n) is 7.93. The van der Waals surface area contributed by atoms with Gasteiger partial charge in [-0.05, 0) is 30.7 Å². The Labute approximate surface area is 209 Å². The Morgan fingerprint density at radius 1 is 0.973 bits per heavy atom. The Morgan fingerprint density at radius 3 is 2.24 bits per heavy atom. The van der Waals surface area contributed by atoms with Crippen molar-refractivity contribution in [2.24, 2.45) is 0 Å². The van der Waals surface area contributed by atoms with Crippen LogP contribution >= 0.6 is 0 Å². The number of phenols is 3. The quantitative estimate of drug-likeness (QED) is 0.115. The van der Waals surface area contributed by atoms with Crippen LogP contribution in [0.15, 0.2) is 54.6 Å². The van der Waals surface area contributed by atoms with Gasteiger partial charge in [-0.25, -0.2) is 9.59 Å². The van der Waals surface area contributed by atoms with E-state index in [9.17, 15) is 39.8 Å². The molecule has 0 saturated carbocycles. The van der Waals surface area contributed by atoms with Crippen LogP contribution in [0.5, 0.6) is 23.0 Å². The molecule has 0 saturated heterocycles. The highest BCUT2D eigenvalue weighted by Gasteiger charge is 2.27. The number of carbonyl (C=O) groups is 3. The molecule has 12 heteroatoms. The van der Waals surface area contributed by atoms with Crippen molar-refractivity contribution in [1.82, 2.24) is 5.32 Å². The van der Waals surface area contributed by atoms with E-state index < -0.39 is 51.7 Å². The maximum Gasteiger partial charge on any atom is 0.413 e. The number of esters is 1. The third-order valence-electron chi connectivity index (χ3n) is 5.29. The van der Waals surface area contributed by atoms with E-state index in [1.54, 1.807) is 12.1 Å². The number of rotatable bonds is 8. The molecule has 0 heterocycles. The fourth-order valence-electron chi connectivity index (χ4n) is 3.35. The predicted octanol–water partition coefficient (Wildman–Crippen LogP) is 3.12. The van der Waals surface area contributed by atoms with Crippen LogP contribution in [0.1, 0.15) is 27.0 Å². The first kappa shape index (κ1) is 26.5. The highest BCUT2D eigenvalue weighted by atomic mass is 16.6. The predicted molar refractivity (Wildman–Crippen MR) is 128 cm³/mol. The summed E-state index contributed by atoms with van der Waals surface area (Å²) in [5.74, 6) is -4.03. The number of aromatic hydroxyl groups is 3. The van der Waals surface area contributed by atoms with E-state index in [0.717, 1.165) is 24.8 Å². The van der Waals surface area contributed by atoms with E-state index in [4.69, 9.17) is 4.74 Å². The number of benzene rings is 3. The van der Waals surface area contributed by atoms with Gasteiger partial charge in [-0.15, -0.1) is 0 Å². The Bertz CT molecular complexity index is 1370. The smallest absolute Gasteiger partial charge is 0.413 e. The van der Waals surface area contributed by atoms with Crippen molar-refractivity contribution in [3.8, 4) is 23.0 Å². The van der Waals surface area contributed by atoms with E-state index in [-0.39, 0.29) is 23.3 Å². The zero-order valence-corrected chi connectivity index (χ0v) is 19.6. The van der Waals surface area contributed by atoms with Crippen LogP contribution in [0.4, 0.5) is 10.5 Å². The average molecular weight is 510 g/mol. The summed E-state index contributed by atoms with van der Waals surface area (Å²) in [6.07, 6.45) is -1.48. The van der Waals surface area contributed by atoms with Crippen molar-refractivity contribution in [3.05, 3.63) is 87.0 Å². The molecule has 0 spiro atoms. The van der Waals surface area contributed by atoms with Gasteiger partial charge in [-0.2, -0.15) is 0 Å². The summed E-state index contributed by atoms with van der Waals surface area (Å²) in [6, 6.07) is 10.6. The van der Waals surface area contributed by atoms with Crippen LogP contribution in [-0.2, 0) is 16.0 Å². The van der Waals surface area contributed by atoms with Crippen molar-refractivity contribution in [2.75, 3.05) is 7.11 Å². The van der Waals surface area contributed by atoms with Gasteiger partial charge in [0.15, 0.2) is 23.0 Å². The van der Waals surface area contributed by atoms with Gasteiger partial charge in [0.05, 0.1) is 12.0 Å². The summed E-state index contributed by atoms with van der Waals surface area (Å²) in [5, 5.41) is 43.1. The van der Waals surface area contributed by atoms with Gasteiger partial charge in [0.1, 0.15) is 6.04 Å². The van der Waals surface area contributed by atoms with Crippen molar-refractivity contribution < 1.29 is 44.1 Å². The number of hydrogen-bond acceptors (Lipinski definition) is 10. The van der Waals surface area contributed by atoms with Gasteiger partial charge in [0.25, 0.3) is 0 Å². The molecular formula is C25H22N2O10. The summed E-state index contributed by atoms with van der Waals surface area (Å²) >= 11 is 0. The SMILES string of the molecule is COC(=O)C(Cc1ccc(O)c(O)c1)NC(=O)Oc1cc(C(=O)c2ccc(C)cc2)cc([N+](=O)[O-])c1O. The molecule has 192 valence electrons. The van der Waals surface area contributed by atoms with Crippen molar-refractivity contribution >= 4 is 23.5 Å². The molecule has 0 aliphatic carbocycles. The summed E-state index contributed by atoms with van der Waals surface area (Å²) < 4.78 is 9.70. The van der Waals surface area contributed by atoms with E-state index in [2.05, 4.69) is 10.1 Å². The number of aryl methyl sites for hydroxylation is 1. The van der Waals surface area contributed by atoms with E-state index in [1.165, 1.54) is 30.3 Å². The summed E-state index contributed by atoms with van der Waals surface area (Å²) in [4.78, 5) is 48.2. The molecule has 0 aromatic heterocycles. The molecule has 0 fully saturated rings. The summed E-state index contributed by atoms with van der Waals surface area (Å²) in [5.41, 5.74) is 0.348. The number of ketones is 1. The zero-order valence-electron chi connectivity index (χ0n) is 19.6. The molecule has 1 atom stereocenters. The molecule has 0 bridgehead atoms. The Morgan fingerprint density at radius 2 is 1.65 bits per heavy atom. The average Bonchev–Trinajstić information content (AvgIpc) is 2.86. The standard InChI is InChI=1S/C25H22N2O10/c1-13-3-6-15(7-4-13)22(30)16-11-18(27(34)35)23(31)21(12-16)37-25(33)26-17(24(32)36-2)9-14-5-8-19(28)20(29)10-14/h3-8,10-12,17,28-29,31H,9H2,1-2H3,(H,26,33). The molecule has 0 aliphatic rings. The topological polar surface area (TPSA) is 186 Å². The number of nitro benzene ring substituents is 1. The van der Waals surface area contributed by atoms with Gasteiger partial charge in [-0.1, -0.05) is 35.9 Å². The zero-order chi connectivity index (χ0) is 27.3. The lowest BCUT2D eigenvalue weighted by Crippen LogP contribution is -2.44. The molecule has 37 heavy (non-hydrogen) atoms. The molecular weight excluding hydrogens is 488 g/mol. The van der Waals surface area contributed by atoms with Crippen LogP contribution in [-0.4, -0.2) is 51.2 Å². The number of nitro groups is 1. The second-order valence-corrected chi connectivity index (χ2v) is 7.93. The lowest BCUT2D eigenvalue weighted by atomic mass is 10.0. The van der Waals surface area contributed by atoms with Crippen LogP contribution in [0.2, 0.25) is 0 Å². The first-order valence-electron chi connectivity index (χ1n) is 10.7. The first-order chi connectivity index (χ1) is 17.5. The highest BCUT2D eigenvalue weighted by molar-refractivity contribution is 6.10. The molecule has 1 unspecified atom stereocenters. The van der Waals surface area contributed by atoms with Gasteiger partial charge < -0.3 is 30.1 Å². The number of phenolic OH excluding ortho intramolecular Hbond substituents is 3. The molecule has 1 amide bonds. The molecule has 0 aliphatic heterocycles. The maximum atomic E-state index is 12.9. The molecule has 3 rings (SSSR count). The lowest BCUT2D eigenvalue weighted by molar-refractivity contribution is -0.385. The normalized spacial score (nSPS) is 11.3. The molecule has 3 aromatic carbocycles. The molecule has 3 aromatic rings. The minimum Gasteiger partial charge on any atom is -0.504 e. The van der Waals surface area contributed by atoms with Crippen LogP contribution in [0.25, 0.3) is 0 Å². The Hall–Kier alpha value is -5.13. The number of amides is 1. The number of carbonyl (C=O) groups excluding carboxylic acids is 3. The first-order valence-corrected chi connectivity index (χ1v) is 10.7. The fourth-order valence-corrected chi connectivity index (χ4v) is 3.35. The Kier molecular flexibility index (Phi) is 7.92. The van der Waals surface area contributed by atoms with E-state index in [1.807, 2.05) is 6.92 Å². The second kappa shape index (κ2) is 11.1. The van der Waals surface area contributed by atoms with Crippen molar-refractivity contribution in [3.63, 3.8) is 0 Å². The number of nitrogens with one attached hydrogen (secondary N) is 1. The molecule has 4 N–H and O–H groups in total. The Balaban J connectivity index is 1.88. The van der Waals surface area contributed by atoms with E-state index in [0.29, 0.717) is 5.56 Å². The monoisotopic (exact) mass is 510 g/mol. The largest absolute Gasteiger partial charge is 0.504 e. The minimum atomic E-state index is -1.34. The molecule has 0 radical (unpaired) electrons. The van der Waals surface area contributed by atoms with Crippen molar-refractivity contribution in [1.29, 1.82) is 0 Å². The summed E-state index contributed by atoms with van der Waals surface area (Å²) in [7, 11) is 1.08. The van der Waals surface area contributed by atoms with Crippen LogP contribution in [0.3, 0.4) is 0 Å². The van der Waals surface area contributed by atoms with Gasteiger partial charge in [0.2, 0.25) is 5.75 Å². The highest BCUT2D eigenvalue weighted by Crippen LogP contribution is 2.38. The third kappa shape index (κ3) is 6.31. The van der Waals surface area contributed by atoms with Gasteiger partial charge >= 0.3 is 17.7 Å². The number of nitrogens with zero attached hydrogens (tertiary/aromatic N) is 1. The third-order valence-corrected chi connectivity index (χ3v) is 5.29. The number of hydrogen-bond donors (Lipinski definition) is 4. The fraction of sp³-hybridized carbons (Fsp3) is 0.160. The van der Waals surface area contributed by atoms with Crippen LogP contribution in [0, 0.1) is 17.0 Å². The number of methoxy groups -OCH3 is 1. The van der Waals surface area contributed by atoms with Gasteiger partial charge in [-0.3, -0.25) is 14.9 Å². The van der Waals surface area contributed by atoms with Crippen molar-refractivity contribution in [2.45, 2.75) is 19.4 Å². The lowest BCUT2D eigenvalue weighted by Gasteiger charge is -2.17. The van der Waals surface area contributed by atoms with Crippen LogP contribution < -0.4 is 10.1 Å².